The molecule has 2 aromatic heterocycles. The SMILES string of the molecule is Cc1ccc(-c2c(-c3ccc(C#N)c(F)c3)ncn3ccnc23)cc1O. The molecule has 0 radical (unpaired) electrons. The van der Waals surface area contributed by atoms with Crippen molar-refractivity contribution >= 4 is 5.65 Å². The van der Waals surface area contributed by atoms with E-state index in [9.17, 15) is 9.50 Å². The van der Waals surface area contributed by atoms with E-state index in [4.69, 9.17) is 5.26 Å². The monoisotopic (exact) mass is 344 g/mol. The Kier molecular flexibility index (Phi) is 3.63. The number of hydrogen-bond acceptors (Lipinski definition) is 4. The van der Waals surface area contributed by atoms with Gasteiger partial charge in [0.2, 0.25) is 0 Å². The third-order valence-corrected chi connectivity index (χ3v) is 4.30. The van der Waals surface area contributed by atoms with Gasteiger partial charge in [-0.3, -0.25) is 4.40 Å². The van der Waals surface area contributed by atoms with Crippen LogP contribution in [0.3, 0.4) is 0 Å². The van der Waals surface area contributed by atoms with Gasteiger partial charge in [0.05, 0.1) is 16.8 Å². The molecular weight excluding hydrogens is 331 g/mol. The van der Waals surface area contributed by atoms with Gasteiger partial charge >= 0.3 is 0 Å². The Balaban J connectivity index is 2.03. The van der Waals surface area contributed by atoms with E-state index >= 15 is 0 Å². The molecule has 5 nitrogen and oxygen atoms in total. The average Bonchev–Trinajstić information content (AvgIpc) is 3.12. The number of aromatic hydroxyl groups is 1. The van der Waals surface area contributed by atoms with Gasteiger partial charge in [-0.25, -0.2) is 14.4 Å². The standard InChI is InChI=1S/C20H13FN4O/c1-12-2-3-13(9-17(12)26)18-19(24-11-25-7-6-23-20(18)25)14-4-5-15(10-22)16(21)8-14/h2-9,11,26H,1H3. The summed E-state index contributed by atoms with van der Waals surface area (Å²) in [7, 11) is 0. The molecule has 0 aliphatic heterocycles. The Hall–Kier alpha value is -3.72. The average molecular weight is 344 g/mol. The number of hydrogen-bond donors (Lipinski definition) is 1. The first-order valence-electron chi connectivity index (χ1n) is 7.90. The highest BCUT2D eigenvalue weighted by atomic mass is 19.1. The summed E-state index contributed by atoms with van der Waals surface area (Å²) in [6, 6.07) is 11.5. The summed E-state index contributed by atoms with van der Waals surface area (Å²) < 4.78 is 15.9. The quantitative estimate of drug-likeness (QED) is 0.594. The molecule has 0 bridgehead atoms. The maximum Gasteiger partial charge on any atom is 0.147 e. The predicted molar refractivity (Wildman–Crippen MR) is 94.9 cm³/mol. The third-order valence-electron chi connectivity index (χ3n) is 4.30. The van der Waals surface area contributed by atoms with Crippen LogP contribution in [-0.2, 0) is 0 Å². The van der Waals surface area contributed by atoms with Gasteiger partial charge < -0.3 is 5.11 Å². The van der Waals surface area contributed by atoms with Crippen LogP contribution in [0, 0.1) is 24.1 Å². The summed E-state index contributed by atoms with van der Waals surface area (Å²) in [5.41, 5.74) is 3.82. The van der Waals surface area contributed by atoms with Crippen LogP contribution in [-0.4, -0.2) is 19.5 Å². The number of imidazole rings is 1. The molecule has 2 aromatic carbocycles. The van der Waals surface area contributed by atoms with Crippen molar-refractivity contribution in [3.05, 3.63) is 72.1 Å². The second-order valence-electron chi connectivity index (χ2n) is 5.93. The van der Waals surface area contributed by atoms with E-state index in [0.29, 0.717) is 22.5 Å². The molecule has 0 amide bonds. The third kappa shape index (κ3) is 2.47. The van der Waals surface area contributed by atoms with E-state index < -0.39 is 5.82 Å². The molecule has 0 spiro atoms. The maximum atomic E-state index is 14.1. The van der Waals surface area contributed by atoms with Crippen LogP contribution >= 0.6 is 0 Å². The van der Waals surface area contributed by atoms with Crippen LogP contribution in [0.2, 0.25) is 0 Å². The number of fused-ring (bicyclic) bond motifs is 1. The molecule has 2 heterocycles. The number of phenolic OH excluding ortho intramolecular Hbond substituents is 1. The second-order valence-corrected chi connectivity index (χ2v) is 5.93. The number of aromatic nitrogens is 3. The number of nitriles is 1. The minimum absolute atomic E-state index is 0.0230. The molecule has 6 heteroatoms. The second kappa shape index (κ2) is 5.97. The maximum absolute atomic E-state index is 14.1. The van der Waals surface area contributed by atoms with Crippen molar-refractivity contribution in [2.24, 2.45) is 0 Å². The Morgan fingerprint density at radius 3 is 2.65 bits per heavy atom. The lowest BCUT2D eigenvalue weighted by atomic mass is 9.98. The molecule has 0 atom stereocenters. The van der Waals surface area contributed by atoms with Gasteiger partial charge in [0.15, 0.2) is 0 Å². The molecule has 26 heavy (non-hydrogen) atoms. The first-order chi connectivity index (χ1) is 12.6. The fraction of sp³-hybridized carbons (Fsp3) is 0.0500. The Morgan fingerprint density at radius 2 is 1.92 bits per heavy atom. The highest BCUT2D eigenvalue weighted by Gasteiger charge is 2.17. The van der Waals surface area contributed by atoms with Crippen molar-refractivity contribution in [2.75, 3.05) is 0 Å². The normalized spacial score (nSPS) is 10.8. The molecule has 0 saturated carbocycles. The van der Waals surface area contributed by atoms with E-state index in [2.05, 4.69) is 9.97 Å². The Bertz CT molecular complexity index is 1190. The number of benzene rings is 2. The lowest BCUT2D eigenvalue weighted by Crippen LogP contribution is -1.97. The zero-order chi connectivity index (χ0) is 18.3. The van der Waals surface area contributed by atoms with Crippen molar-refractivity contribution in [3.8, 4) is 34.2 Å². The first-order valence-corrected chi connectivity index (χ1v) is 7.90. The number of halogens is 1. The van der Waals surface area contributed by atoms with Gasteiger partial charge in [0, 0.05) is 18.0 Å². The van der Waals surface area contributed by atoms with Crippen molar-refractivity contribution in [1.82, 2.24) is 14.4 Å². The zero-order valence-electron chi connectivity index (χ0n) is 13.8. The number of nitrogens with zero attached hydrogens (tertiary/aromatic N) is 4. The number of phenols is 1. The lowest BCUT2D eigenvalue weighted by Gasteiger charge is -2.12. The van der Waals surface area contributed by atoms with Crippen molar-refractivity contribution < 1.29 is 9.50 Å². The summed E-state index contributed by atoms with van der Waals surface area (Å²) in [4.78, 5) is 8.85. The molecule has 126 valence electrons. The Morgan fingerprint density at radius 1 is 1.12 bits per heavy atom. The molecular formula is C20H13FN4O. The van der Waals surface area contributed by atoms with Gasteiger partial charge in [-0.15, -0.1) is 0 Å². The van der Waals surface area contributed by atoms with E-state index in [1.165, 1.54) is 12.1 Å². The molecule has 0 fully saturated rings. The lowest BCUT2D eigenvalue weighted by molar-refractivity contribution is 0.471. The van der Waals surface area contributed by atoms with Crippen LogP contribution in [0.1, 0.15) is 11.1 Å². The molecule has 4 aromatic rings. The van der Waals surface area contributed by atoms with Gasteiger partial charge in [-0.05, 0) is 36.2 Å². The van der Waals surface area contributed by atoms with Crippen LogP contribution < -0.4 is 0 Å². The summed E-state index contributed by atoms with van der Waals surface area (Å²) in [6.45, 7) is 1.81. The number of aryl methyl sites for hydroxylation is 1. The van der Waals surface area contributed by atoms with E-state index in [-0.39, 0.29) is 11.3 Å². The van der Waals surface area contributed by atoms with Crippen molar-refractivity contribution in [1.29, 1.82) is 5.26 Å². The Labute approximate surface area is 148 Å². The van der Waals surface area contributed by atoms with E-state index in [1.807, 2.05) is 19.1 Å². The highest BCUT2D eigenvalue weighted by molar-refractivity contribution is 5.90. The minimum atomic E-state index is -0.604. The van der Waals surface area contributed by atoms with Gasteiger partial charge in [-0.1, -0.05) is 18.2 Å². The minimum Gasteiger partial charge on any atom is -0.508 e. The van der Waals surface area contributed by atoms with Gasteiger partial charge in [-0.2, -0.15) is 5.26 Å². The predicted octanol–water partition coefficient (Wildman–Crippen LogP) is 4.09. The smallest absolute Gasteiger partial charge is 0.147 e. The van der Waals surface area contributed by atoms with Crippen LogP contribution in [0.4, 0.5) is 4.39 Å². The topological polar surface area (TPSA) is 74.2 Å². The molecule has 0 saturated heterocycles. The first kappa shape index (κ1) is 15.8. The van der Waals surface area contributed by atoms with Gasteiger partial charge in [0.25, 0.3) is 0 Å². The van der Waals surface area contributed by atoms with Crippen LogP contribution in [0.5, 0.6) is 5.75 Å². The van der Waals surface area contributed by atoms with E-state index in [0.717, 1.165) is 11.1 Å². The van der Waals surface area contributed by atoms with Crippen LogP contribution in [0.15, 0.2) is 55.1 Å². The molecule has 4 rings (SSSR count). The zero-order valence-corrected chi connectivity index (χ0v) is 13.8. The summed E-state index contributed by atoms with van der Waals surface area (Å²) in [5, 5.41) is 19.1. The fourth-order valence-corrected chi connectivity index (χ4v) is 2.89. The number of rotatable bonds is 2. The molecule has 0 aliphatic carbocycles. The summed E-state index contributed by atoms with van der Waals surface area (Å²) >= 11 is 0. The van der Waals surface area contributed by atoms with Crippen molar-refractivity contribution in [3.63, 3.8) is 0 Å². The van der Waals surface area contributed by atoms with Crippen molar-refractivity contribution in [2.45, 2.75) is 6.92 Å². The van der Waals surface area contributed by atoms with E-state index in [1.54, 1.807) is 41.3 Å². The van der Waals surface area contributed by atoms with Gasteiger partial charge in [0.1, 0.15) is 29.6 Å². The highest BCUT2D eigenvalue weighted by Crippen LogP contribution is 2.36. The summed E-state index contributed by atoms with van der Waals surface area (Å²) in [6.07, 6.45) is 5.02. The molecule has 0 aliphatic rings. The largest absolute Gasteiger partial charge is 0.508 e. The summed E-state index contributed by atoms with van der Waals surface area (Å²) in [5.74, 6) is -0.444. The fourth-order valence-electron chi connectivity index (χ4n) is 2.89. The molecule has 1 N–H and O–H groups in total. The molecule has 0 unspecified atom stereocenters. The van der Waals surface area contributed by atoms with Crippen LogP contribution in [0.25, 0.3) is 28.0 Å².